The Hall–Kier alpha value is -2.10. The molecule has 3 aromatic carbocycles. The van der Waals surface area contributed by atoms with Crippen LogP contribution in [0.25, 0.3) is 11.1 Å². The van der Waals surface area contributed by atoms with Crippen molar-refractivity contribution < 1.29 is 9.50 Å². The van der Waals surface area contributed by atoms with Gasteiger partial charge in [0.2, 0.25) is 0 Å². The Labute approximate surface area is 190 Å². The van der Waals surface area contributed by atoms with E-state index in [0.717, 1.165) is 27.3 Å². The fourth-order valence-electron chi connectivity index (χ4n) is 4.12. The quantitative estimate of drug-likeness (QED) is 0.375. The van der Waals surface area contributed by atoms with Crippen LogP contribution in [-0.4, -0.2) is 5.11 Å². The topological polar surface area (TPSA) is 20.2 Å². The highest BCUT2D eigenvalue weighted by atomic mass is 32.2. The van der Waals surface area contributed by atoms with Gasteiger partial charge in [-0.05, 0) is 83.3 Å². The molecule has 0 aliphatic carbocycles. The molecule has 0 saturated heterocycles. The van der Waals surface area contributed by atoms with Crippen LogP contribution in [0.2, 0.25) is 0 Å². The zero-order valence-corrected chi connectivity index (χ0v) is 20.2. The van der Waals surface area contributed by atoms with Crippen LogP contribution >= 0.6 is 11.8 Å². The van der Waals surface area contributed by atoms with E-state index in [1.807, 2.05) is 19.1 Å². The van der Waals surface area contributed by atoms with Crippen LogP contribution in [-0.2, 0) is 5.75 Å². The molecule has 0 bridgehead atoms. The van der Waals surface area contributed by atoms with E-state index in [1.165, 1.54) is 34.4 Å². The summed E-state index contributed by atoms with van der Waals surface area (Å²) in [6.45, 7) is 12.8. The molecule has 1 atom stereocenters. The van der Waals surface area contributed by atoms with Gasteiger partial charge in [0.1, 0.15) is 5.82 Å². The maximum atomic E-state index is 13.4. The van der Waals surface area contributed by atoms with E-state index in [-0.39, 0.29) is 5.82 Å². The van der Waals surface area contributed by atoms with E-state index >= 15 is 0 Å². The van der Waals surface area contributed by atoms with Crippen LogP contribution in [0.3, 0.4) is 0 Å². The summed E-state index contributed by atoms with van der Waals surface area (Å²) in [5.74, 6) is 1.21. The van der Waals surface area contributed by atoms with Gasteiger partial charge in [-0.2, -0.15) is 0 Å². The SMILES string of the molecule is Cc1ccc(-c2c(CSc3ccc(F)cc3)c(C(C)C)cc(C(C)C)c2C(C)O)cc1. The fraction of sp³-hybridized carbons (Fsp3) is 0.357. The summed E-state index contributed by atoms with van der Waals surface area (Å²) in [4.78, 5) is 1.04. The molecule has 1 N–H and O–H groups in total. The molecule has 0 amide bonds. The van der Waals surface area contributed by atoms with Crippen LogP contribution < -0.4 is 0 Å². The van der Waals surface area contributed by atoms with Gasteiger partial charge in [0.25, 0.3) is 0 Å². The number of rotatable bonds is 7. The molecule has 0 radical (unpaired) electrons. The predicted octanol–water partition coefficient (Wildman–Crippen LogP) is 8.39. The molecule has 0 saturated carbocycles. The zero-order chi connectivity index (χ0) is 22.7. The predicted molar refractivity (Wildman–Crippen MR) is 131 cm³/mol. The normalized spacial score (nSPS) is 12.6. The van der Waals surface area contributed by atoms with Gasteiger partial charge in [-0.15, -0.1) is 11.8 Å². The molecule has 31 heavy (non-hydrogen) atoms. The van der Waals surface area contributed by atoms with Crippen LogP contribution in [0.1, 0.15) is 80.4 Å². The first-order valence-electron chi connectivity index (χ1n) is 11.0. The average molecular weight is 437 g/mol. The Balaban J connectivity index is 2.25. The van der Waals surface area contributed by atoms with Crippen molar-refractivity contribution in [1.82, 2.24) is 0 Å². The first-order valence-corrected chi connectivity index (χ1v) is 12.0. The molecule has 0 aromatic heterocycles. The largest absolute Gasteiger partial charge is 0.389 e. The minimum atomic E-state index is -0.565. The average Bonchev–Trinajstić information content (AvgIpc) is 2.72. The van der Waals surface area contributed by atoms with Crippen molar-refractivity contribution >= 4 is 11.8 Å². The second-order valence-corrected chi connectivity index (χ2v) is 9.96. The number of benzene rings is 3. The van der Waals surface area contributed by atoms with Crippen molar-refractivity contribution in [3.63, 3.8) is 0 Å². The van der Waals surface area contributed by atoms with Crippen LogP contribution in [0.4, 0.5) is 4.39 Å². The Morgan fingerprint density at radius 2 is 1.42 bits per heavy atom. The van der Waals surface area contributed by atoms with E-state index in [4.69, 9.17) is 0 Å². The van der Waals surface area contributed by atoms with Gasteiger partial charge in [-0.25, -0.2) is 4.39 Å². The highest BCUT2D eigenvalue weighted by Gasteiger charge is 2.24. The molecule has 1 unspecified atom stereocenters. The third kappa shape index (κ3) is 5.39. The lowest BCUT2D eigenvalue weighted by atomic mass is 9.80. The first-order chi connectivity index (χ1) is 14.7. The first kappa shape index (κ1) is 23.6. The molecule has 0 aliphatic rings. The molecule has 164 valence electrons. The van der Waals surface area contributed by atoms with Gasteiger partial charge < -0.3 is 5.11 Å². The van der Waals surface area contributed by atoms with E-state index in [9.17, 15) is 9.50 Å². The third-order valence-electron chi connectivity index (χ3n) is 5.74. The third-order valence-corrected chi connectivity index (χ3v) is 6.78. The summed E-state index contributed by atoms with van der Waals surface area (Å²) in [5, 5.41) is 10.9. The van der Waals surface area contributed by atoms with E-state index in [1.54, 1.807) is 11.8 Å². The van der Waals surface area contributed by atoms with Crippen LogP contribution in [0.15, 0.2) is 59.5 Å². The summed E-state index contributed by atoms with van der Waals surface area (Å²) < 4.78 is 13.4. The highest BCUT2D eigenvalue weighted by Crippen LogP contribution is 2.43. The Bertz CT molecular complexity index is 1020. The summed E-state index contributed by atoms with van der Waals surface area (Å²) in [6.07, 6.45) is -0.565. The van der Waals surface area contributed by atoms with Crippen LogP contribution in [0, 0.1) is 12.7 Å². The summed E-state index contributed by atoms with van der Waals surface area (Å²) in [6, 6.07) is 17.6. The maximum absolute atomic E-state index is 13.4. The summed E-state index contributed by atoms with van der Waals surface area (Å²) in [5.41, 5.74) is 8.32. The number of aliphatic hydroxyl groups excluding tert-OH is 1. The number of thioether (sulfide) groups is 1. The summed E-state index contributed by atoms with van der Waals surface area (Å²) >= 11 is 1.71. The van der Waals surface area contributed by atoms with Crippen molar-refractivity contribution in [2.45, 2.75) is 70.1 Å². The zero-order valence-electron chi connectivity index (χ0n) is 19.4. The van der Waals surface area contributed by atoms with Crippen molar-refractivity contribution in [1.29, 1.82) is 0 Å². The Morgan fingerprint density at radius 3 is 1.94 bits per heavy atom. The molecule has 0 fully saturated rings. The second-order valence-electron chi connectivity index (χ2n) is 8.92. The highest BCUT2D eigenvalue weighted by molar-refractivity contribution is 7.98. The molecule has 0 aliphatic heterocycles. The number of aliphatic hydroxyl groups is 1. The Morgan fingerprint density at radius 1 is 0.839 bits per heavy atom. The monoisotopic (exact) mass is 436 g/mol. The molecule has 3 rings (SSSR count). The van der Waals surface area contributed by atoms with Crippen molar-refractivity contribution in [3.8, 4) is 11.1 Å². The number of halogens is 1. The number of hydrogen-bond donors (Lipinski definition) is 1. The fourth-order valence-corrected chi connectivity index (χ4v) is 5.07. The van der Waals surface area contributed by atoms with Crippen molar-refractivity contribution in [3.05, 3.63) is 88.2 Å². The van der Waals surface area contributed by atoms with E-state index < -0.39 is 6.10 Å². The molecule has 0 heterocycles. The van der Waals surface area contributed by atoms with E-state index in [0.29, 0.717) is 11.8 Å². The molecule has 3 heteroatoms. The molecule has 0 spiro atoms. The molecular weight excluding hydrogens is 403 g/mol. The smallest absolute Gasteiger partial charge is 0.123 e. The van der Waals surface area contributed by atoms with Crippen molar-refractivity contribution in [2.24, 2.45) is 0 Å². The van der Waals surface area contributed by atoms with Gasteiger partial charge in [0.05, 0.1) is 6.10 Å². The lowest BCUT2D eigenvalue weighted by Gasteiger charge is -2.27. The lowest BCUT2D eigenvalue weighted by molar-refractivity contribution is 0.198. The van der Waals surface area contributed by atoms with E-state index in [2.05, 4.69) is 65.0 Å². The number of aryl methyl sites for hydroxylation is 1. The second kappa shape index (κ2) is 10.0. The molecule has 1 nitrogen and oxygen atoms in total. The van der Waals surface area contributed by atoms with Gasteiger partial charge >= 0.3 is 0 Å². The number of hydrogen-bond acceptors (Lipinski definition) is 2. The lowest BCUT2D eigenvalue weighted by Crippen LogP contribution is -2.10. The van der Waals surface area contributed by atoms with Gasteiger partial charge in [0, 0.05) is 10.6 Å². The van der Waals surface area contributed by atoms with Crippen molar-refractivity contribution in [2.75, 3.05) is 0 Å². The maximum Gasteiger partial charge on any atom is 0.123 e. The standard InChI is InChI=1S/C28H33FOS/c1-17(2)24-15-25(18(3)4)27(20(6)30)28(21-9-7-19(5)8-10-21)26(24)16-31-23-13-11-22(29)12-14-23/h7-15,17-18,20,30H,16H2,1-6H3. The Kier molecular flexibility index (Phi) is 7.61. The van der Waals surface area contributed by atoms with Gasteiger partial charge in [-0.3, -0.25) is 0 Å². The minimum Gasteiger partial charge on any atom is -0.389 e. The molecular formula is C28H33FOS. The minimum absolute atomic E-state index is 0.217. The van der Waals surface area contributed by atoms with Crippen LogP contribution in [0.5, 0.6) is 0 Å². The van der Waals surface area contributed by atoms with Gasteiger partial charge in [-0.1, -0.05) is 63.6 Å². The van der Waals surface area contributed by atoms with Gasteiger partial charge in [0.15, 0.2) is 0 Å². The summed E-state index contributed by atoms with van der Waals surface area (Å²) in [7, 11) is 0. The molecule has 3 aromatic rings.